The highest BCUT2D eigenvalue weighted by molar-refractivity contribution is 7.89. The maximum absolute atomic E-state index is 12.9. The van der Waals surface area contributed by atoms with E-state index in [1.54, 1.807) is 28.6 Å². The summed E-state index contributed by atoms with van der Waals surface area (Å²) < 4.78 is 27.4. The molecule has 0 aromatic heterocycles. The molecule has 1 saturated heterocycles. The molecule has 3 rings (SSSR count). The summed E-state index contributed by atoms with van der Waals surface area (Å²) in [5.74, 6) is 0. The minimum absolute atomic E-state index is 0.0485. The van der Waals surface area contributed by atoms with Gasteiger partial charge in [0.2, 0.25) is 10.0 Å². The number of aryl methyl sites for hydroxylation is 1. The number of nitrogens with zero attached hydrogens (tertiary/aromatic N) is 1. The van der Waals surface area contributed by atoms with E-state index in [2.05, 4.69) is 29.7 Å². The van der Waals surface area contributed by atoms with E-state index in [0.29, 0.717) is 16.6 Å². The third kappa shape index (κ3) is 4.90. The fourth-order valence-corrected chi connectivity index (χ4v) is 5.33. The van der Waals surface area contributed by atoms with Crippen molar-refractivity contribution in [2.45, 2.75) is 50.5 Å². The molecule has 1 aliphatic rings. The highest BCUT2D eigenvalue weighted by Gasteiger charge is 2.30. The topological polar surface area (TPSA) is 61.4 Å². The molecule has 0 aliphatic carbocycles. The van der Waals surface area contributed by atoms with Gasteiger partial charge in [0.15, 0.2) is 5.11 Å². The zero-order chi connectivity index (χ0) is 20.1. The standard InChI is InChI=1S/C21H27N3O2S2/c1-3-17-7-9-18(10-8-17)22-21(27)23-19-11-13-20(14-12-19)28(25,26)24-15-5-4-6-16(24)2/h7-14,16H,3-6,15H2,1-2H3,(H2,22,23,27)/t16-/m0/s1. The number of hydrogen-bond donors (Lipinski definition) is 2. The second-order valence-corrected chi connectivity index (χ2v) is 9.41. The quantitative estimate of drug-likeness (QED) is 0.695. The zero-order valence-electron chi connectivity index (χ0n) is 16.3. The van der Waals surface area contributed by atoms with Crippen molar-refractivity contribution in [2.24, 2.45) is 0 Å². The average Bonchev–Trinajstić information content (AvgIpc) is 2.69. The molecule has 0 spiro atoms. The minimum Gasteiger partial charge on any atom is -0.332 e. The van der Waals surface area contributed by atoms with Gasteiger partial charge in [0, 0.05) is 24.0 Å². The SMILES string of the molecule is CCc1ccc(NC(=S)Nc2ccc(S(=O)(=O)N3CCCC[C@@H]3C)cc2)cc1. The van der Waals surface area contributed by atoms with Crippen LogP contribution < -0.4 is 10.6 Å². The van der Waals surface area contributed by atoms with E-state index in [9.17, 15) is 8.42 Å². The molecule has 7 heteroatoms. The van der Waals surface area contributed by atoms with Gasteiger partial charge in [0.05, 0.1) is 4.90 Å². The summed E-state index contributed by atoms with van der Waals surface area (Å²) in [6.07, 6.45) is 3.91. The van der Waals surface area contributed by atoms with Gasteiger partial charge in [-0.3, -0.25) is 0 Å². The first kappa shape index (κ1) is 20.8. The molecule has 5 nitrogen and oxygen atoms in total. The molecule has 1 fully saturated rings. The summed E-state index contributed by atoms with van der Waals surface area (Å²) >= 11 is 5.35. The van der Waals surface area contributed by atoms with Crippen LogP contribution in [-0.2, 0) is 16.4 Å². The lowest BCUT2D eigenvalue weighted by atomic mass is 10.1. The second-order valence-electron chi connectivity index (χ2n) is 7.11. The zero-order valence-corrected chi connectivity index (χ0v) is 17.9. The van der Waals surface area contributed by atoms with Crippen LogP contribution in [-0.4, -0.2) is 30.4 Å². The van der Waals surface area contributed by atoms with Crippen molar-refractivity contribution in [3.8, 4) is 0 Å². The van der Waals surface area contributed by atoms with Crippen molar-refractivity contribution >= 4 is 38.7 Å². The normalized spacial score (nSPS) is 17.9. The molecule has 2 aromatic carbocycles. The first-order valence-corrected chi connectivity index (χ1v) is 11.5. The third-order valence-electron chi connectivity index (χ3n) is 5.08. The first-order chi connectivity index (χ1) is 13.4. The van der Waals surface area contributed by atoms with Crippen LogP contribution in [0.1, 0.15) is 38.7 Å². The number of nitrogens with one attached hydrogen (secondary N) is 2. The molecular formula is C21H27N3O2S2. The first-order valence-electron chi connectivity index (χ1n) is 9.69. The lowest BCUT2D eigenvalue weighted by Crippen LogP contribution is -2.41. The van der Waals surface area contributed by atoms with E-state index in [1.165, 1.54) is 5.56 Å². The Morgan fingerprint density at radius 2 is 1.61 bits per heavy atom. The molecule has 0 amide bonds. The van der Waals surface area contributed by atoms with Crippen LogP contribution in [0.3, 0.4) is 0 Å². The van der Waals surface area contributed by atoms with Crippen LogP contribution in [0, 0.1) is 0 Å². The number of thiocarbonyl (C=S) groups is 1. The number of sulfonamides is 1. The van der Waals surface area contributed by atoms with Crippen molar-refractivity contribution in [1.29, 1.82) is 0 Å². The Morgan fingerprint density at radius 3 is 2.14 bits per heavy atom. The summed E-state index contributed by atoms with van der Waals surface area (Å²) in [4.78, 5) is 0.320. The summed E-state index contributed by atoms with van der Waals surface area (Å²) in [5.41, 5.74) is 2.92. The molecule has 1 heterocycles. The number of benzene rings is 2. The Balaban J connectivity index is 1.64. The highest BCUT2D eigenvalue weighted by atomic mass is 32.2. The molecule has 0 unspecified atom stereocenters. The van der Waals surface area contributed by atoms with Gasteiger partial charge in [0.1, 0.15) is 0 Å². The van der Waals surface area contributed by atoms with Crippen molar-refractivity contribution in [2.75, 3.05) is 17.2 Å². The lowest BCUT2D eigenvalue weighted by molar-refractivity contribution is 0.268. The van der Waals surface area contributed by atoms with Crippen molar-refractivity contribution in [3.63, 3.8) is 0 Å². The Labute approximate surface area is 173 Å². The van der Waals surface area contributed by atoms with E-state index in [4.69, 9.17) is 12.2 Å². The Bertz CT molecular complexity index is 910. The van der Waals surface area contributed by atoms with E-state index >= 15 is 0 Å². The van der Waals surface area contributed by atoms with Crippen LogP contribution in [0.25, 0.3) is 0 Å². The molecular weight excluding hydrogens is 390 g/mol. The average molecular weight is 418 g/mol. The van der Waals surface area contributed by atoms with Gasteiger partial charge in [-0.05, 0) is 80.4 Å². The van der Waals surface area contributed by atoms with Gasteiger partial charge in [-0.25, -0.2) is 8.42 Å². The van der Waals surface area contributed by atoms with Gasteiger partial charge in [-0.2, -0.15) is 4.31 Å². The molecule has 150 valence electrons. The second kappa shape index (κ2) is 9.03. The van der Waals surface area contributed by atoms with Gasteiger partial charge in [-0.15, -0.1) is 0 Å². The molecule has 2 aromatic rings. The number of piperidine rings is 1. The largest absolute Gasteiger partial charge is 0.332 e. The summed E-state index contributed by atoms with van der Waals surface area (Å²) in [5, 5.41) is 6.70. The highest BCUT2D eigenvalue weighted by Crippen LogP contribution is 2.26. The monoisotopic (exact) mass is 417 g/mol. The van der Waals surface area contributed by atoms with Gasteiger partial charge in [0.25, 0.3) is 0 Å². The van der Waals surface area contributed by atoms with Crippen molar-refractivity contribution in [3.05, 3.63) is 54.1 Å². The fourth-order valence-electron chi connectivity index (χ4n) is 3.39. The maximum atomic E-state index is 12.9. The molecule has 1 atom stereocenters. The van der Waals surface area contributed by atoms with E-state index in [-0.39, 0.29) is 6.04 Å². The summed E-state index contributed by atoms with van der Waals surface area (Å²) in [7, 11) is -3.45. The molecule has 2 N–H and O–H groups in total. The van der Waals surface area contributed by atoms with Crippen molar-refractivity contribution in [1.82, 2.24) is 4.31 Å². The van der Waals surface area contributed by atoms with Crippen LogP contribution in [0.4, 0.5) is 11.4 Å². The maximum Gasteiger partial charge on any atom is 0.243 e. The van der Waals surface area contributed by atoms with Crippen LogP contribution in [0.5, 0.6) is 0 Å². The van der Waals surface area contributed by atoms with Crippen LogP contribution >= 0.6 is 12.2 Å². The Kier molecular flexibility index (Phi) is 6.69. The predicted octanol–water partition coefficient (Wildman–Crippen LogP) is 4.62. The van der Waals surface area contributed by atoms with Gasteiger partial charge >= 0.3 is 0 Å². The van der Waals surface area contributed by atoms with E-state index in [0.717, 1.165) is 37.1 Å². The number of rotatable bonds is 5. The molecule has 0 saturated carbocycles. The minimum atomic E-state index is -3.45. The summed E-state index contributed by atoms with van der Waals surface area (Å²) in [6.45, 7) is 4.68. The number of hydrogen-bond acceptors (Lipinski definition) is 3. The Hall–Kier alpha value is -1.96. The molecule has 0 radical (unpaired) electrons. The number of anilines is 2. The molecule has 0 bridgehead atoms. The summed E-state index contributed by atoms with van der Waals surface area (Å²) in [6, 6.07) is 14.9. The molecule has 28 heavy (non-hydrogen) atoms. The predicted molar refractivity (Wildman–Crippen MR) is 119 cm³/mol. The Morgan fingerprint density at radius 1 is 1.04 bits per heavy atom. The van der Waals surface area contributed by atoms with Crippen LogP contribution in [0.15, 0.2) is 53.4 Å². The molecule has 1 aliphatic heterocycles. The van der Waals surface area contributed by atoms with E-state index in [1.807, 2.05) is 19.1 Å². The van der Waals surface area contributed by atoms with Gasteiger partial charge < -0.3 is 10.6 Å². The van der Waals surface area contributed by atoms with Gasteiger partial charge in [-0.1, -0.05) is 25.5 Å². The fraction of sp³-hybridized carbons (Fsp3) is 0.381. The smallest absolute Gasteiger partial charge is 0.243 e. The lowest BCUT2D eigenvalue weighted by Gasteiger charge is -2.32. The van der Waals surface area contributed by atoms with Crippen LogP contribution in [0.2, 0.25) is 0 Å². The van der Waals surface area contributed by atoms with Crippen molar-refractivity contribution < 1.29 is 8.42 Å². The van der Waals surface area contributed by atoms with E-state index < -0.39 is 10.0 Å². The third-order valence-corrected chi connectivity index (χ3v) is 7.31.